The molecule has 21 heavy (non-hydrogen) atoms. The summed E-state index contributed by atoms with van der Waals surface area (Å²) < 4.78 is 13.7. The van der Waals surface area contributed by atoms with E-state index in [1.807, 2.05) is 0 Å². The van der Waals surface area contributed by atoms with E-state index >= 15 is 0 Å². The van der Waals surface area contributed by atoms with Crippen LogP contribution in [-0.4, -0.2) is 21.9 Å². The van der Waals surface area contributed by atoms with Gasteiger partial charge in [-0.15, -0.1) is 0 Å². The summed E-state index contributed by atoms with van der Waals surface area (Å²) in [5, 5.41) is 2.97. The van der Waals surface area contributed by atoms with Gasteiger partial charge in [0.25, 0.3) is 5.91 Å². The van der Waals surface area contributed by atoms with E-state index in [4.69, 9.17) is 17.3 Å². The lowest BCUT2D eigenvalue weighted by Crippen LogP contribution is -2.15. The lowest BCUT2D eigenvalue weighted by atomic mass is 10.1. The number of carbonyl (C=O) groups is 1. The van der Waals surface area contributed by atoms with E-state index in [1.165, 1.54) is 24.5 Å². The zero-order valence-electron chi connectivity index (χ0n) is 10.9. The van der Waals surface area contributed by atoms with Crippen molar-refractivity contribution in [2.45, 2.75) is 18.4 Å². The van der Waals surface area contributed by atoms with Crippen molar-refractivity contribution in [3.8, 4) is 0 Å². The maximum absolute atomic E-state index is 13.7. The molecule has 1 aliphatic carbocycles. The highest BCUT2D eigenvalue weighted by Gasteiger charge is 2.36. The minimum absolute atomic E-state index is 0.00611. The summed E-state index contributed by atoms with van der Waals surface area (Å²) in [6.07, 6.45) is 3.43. The quantitative estimate of drug-likeness (QED) is 0.912. The first-order chi connectivity index (χ1) is 10.0. The molecule has 0 bridgehead atoms. The molecule has 1 aromatic carbocycles. The molecule has 3 rings (SSSR count). The standard InChI is InChI=1S/C14H12ClFN4O/c15-7-5-18-13(19-6-7)14(21)20-8-1-2-11(16)9(3-8)10-4-12(10)17/h1-3,5-6,10,12H,4,17H2,(H,20,21)/t10-,12-/m1/s1. The van der Waals surface area contributed by atoms with Gasteiger partial charge in [-0.2, -0.15) is 0 Å². The maximum Gasteiger partial charge on any atom is 0.293 e. The summed E-state index contributed by atoms with van der Waals surface area (Å²) in [5.74, 6) is -0.778. The number of nitrogens with one attached hydrogen (secondary N) is 1. The zero-order chi connectivity index (χ0) is 15.0. The Morgan fingerprint density at radius 1 is 1.38 bits per heavy atom. The summed E-state index contributed by atoms with van der Waals surface area (Å²) in [4.78, 5) is 19.6. The molecule has 3 N–H and O–H groups in total. The van der Waals surface area contributed by atoms with Gasteiger partial charge in [-0.05, 0) is 30.2 Å². The summed E-state index contributed by atoms with van der Waals surface area (Å²) in [6.45, 7) is 0. The molecule has 5 nitrogen and oxygen atoms in total. The Morgan fingerprint density at radius 2 is 2.05 bits per heavy atom. The van der Waals surface area contributed by atoms with Gasteiger partial charge in [-0.3, -0.25) is 4.79 Å². The number of aromatic nitrogens is 2. The first kappa shape index (κ1) is 13.9. The van der Waals surface area contributed by atoms with Gasteiger partial charge in [-0.25, -0.2) is 14.4 Å². The molecule has 7 heteroatoms. The van der Waals surface area contributed by atoms with E-state index < -0.39 is 5.91 Å². The number of nitrogens with two attached hydrogens (primary N) is 1. The van der Waals surface area contributed by atoms with Crippen molar-refractivity contribution in [1.82, 2.24) is 9.97 Å². The number of benzene rings is 1. The normalized spacial score (nSPS) is 20.1. The second-order valence-electron chi connectivity index (χ2n) is 4.92. The lowest BCUT2D eigenvalue weighted by molar-refractivity contribution is 0.101. The number of carbonyl (C=O) groups excluding carboxylic acids is 1. The average Bonchev–Trinajstić information content (AvgIpc) is 3.18. The van der Waals surface area contributed by atoms with E-state index in [9.17, 15) is 9.18 Å². The number of hydrogen-bond acceptors (Lipinski definition) is 4. The van der Waals surface area contributed by atoms with Gasteiger partial charge in [0.05, 0.1) is 5.02 Å². The number of rotatable bonds is 3. The van der Waals surface area contributed by atoms with Gasteiger partial charge >= 0.3 is 0 Å². The van der Waals surface area contributed by atoms with E-state index in [1.54, 1.807) is 6.07 Å². The van der Waals surface area contributed by atoms with Crippen LogP contribution in [0.1, 0.15) is 28.5 Å². The molecule has 1 amide bonds. The molecule has 0 saturated heterocycles. The van der Waals surface area contributed by atoms with Crippen LogP contribution in [0.15, 0.2) is 30.6 Å². The minimum Gasteiger partial charge on any atom is -0.327 e. The number of amides is 1. The van der Waals surface area contributed by atoms with Crippen molar-refractivity contribution in [1.29, 1.82) is 0 Å². The largest absolute Gasteiger partial charge is 0.327 e. The lowest BCUT2D eigenvalue weighted by Gasteiger charge is -2.07. The summed E-state index contributed by atoms with van der Waals surface area (Å²) in [6, 6.07) is 4.39. The van der Waals surface area contributed by atoms with E-state index in [0.717, 1.165) is 6.42 Å². The van der Waals surface area contributed by atoms with Crippen LogP contribution in [0.4, 0.5) is 10.1 Å². The molecule has 1 fully saturated rings. The van der Waals surface area contributed by atoms with Gasteiger partial charge in [0, 0.05) is 30.0 Å². The van der Waals surface area contributed by atoms with Crippen LogP contribution in [-0.2, 0) is 0 Å². The van der Waals surface area contributed by atoms with Crippen LogP contribution in [0, 0.1) is 5.82 Å². The number of hydrogen-bond donors (Lipinski definition) is 2. The topological polar surface area (TPSA) is 80.9 Å². The number of anilines is 1. The van der Waals surface area contributed by atoms with Gasteiger partial charge in [-0.1, -0.05) is 11.6 Å². The molecular formula is C14H12ClFN4O. The molecule has 2 atom stereocenters. The smallest absolute Gasteiger partial charge is 0.293 e. The Hall–Kier alpha value is -2.05. The highest BCUT2D eigenvalue weighted by atomic mass is 35.5. The summed E-state index contributed by atoms with van der Waals surface area (Å²) in [7, 11) is 0. The van der Waals surface area contributed by atoms with Gasteiger partial charge in [0.2, 0.25) is 5.82 Å². The van der Waals surface area contributed by atoms with Crippen LogP contribution < -0.4 is 11.1 Å². The van der Waals surface area contributed by atoms with Crippen LogP contribution in [0.5, 0.6) is 0 Å². The Kier molecular flexibility index (Phi) is 3.57. The Balaban J connectivity index is 1.78. The number of halogens is 2. The molecule has 0 unspecified atom stereocenters. The fourth-order valence-corrected chi connectivity index (χ4v) is 2.19. The van der Waals surface area contributed by atoms with Gasteiger partial charge in [0.1, 0.15) is 5.82 Å². The van der Waals surface area contributed by atoms with Crippen LogP contribution in [0.25, 0.3) is 0 Å². The molecular weight excluding hydrogens is 295 g/mol. The van der Waals surface area contributed by atoms with E-state index in [-0.39, 0.29) is 23.6 Å². The Morgan fingerprint density at radius 3 is 2.67 bits per heavy atom. The van der Waals surface area contributed by atoms with Crippen molar-refractivity contribution in [3.05, 3.63) is 52.8 Å². The van der Waals surface area contributed by atoms with Crippen LogP contribution in [0.2, 0.25) is 5.02 Å². The molecule has 0 spiro atoms. The fraction of sp³-hybridized carbons (Fsp3) is 0.214. The average molecular weight is 307 g/mol. The van der Waals surface area contributed by atoms with Crippen LogP contribution >= 0.6 is 11.6 Å². The van der Waals surface area contributed by atoms with Crippen molar-refractivity contribution < 1.29 is 9.18 Å². The Labute approximate surface area is 125 Å². The Bertz CT molecular complexity index is 692. The third kappa shape index (κ3) is 3.01. The SMILES string of the molecule is N[C@@H]1C[C@@H]1c1cc(NC(=O)c2ncc(Cl)cn2)ccc1F. The first-order valence-electron chi connectivity index (χ1n) is 6.38. The third-order valence-electron chi connectivity index (χ3n) is 3.32. The maximum atomic E-state index is 13.7. The molecule has 1 heterocycles. The second-order valence-corrected chi connectivity index (χ2v) is 5.36. The van der Waals surface area contributed by atoms with Crippen molar-refractivity contribution >= 4 is 23.2 Å². The van der Waals surface area contributed by atoms with Gasteiger partial charge in [0.15, 0.2) is 0 Å². The highest BCUT2D eigenvalue weighted by Crippen LogP contribution is 2.41. The monoisotopic (exact) mass is 306 g/mol. The summed E-state index contributed by atoms with van der Waals surface area (Å²) in [5.41, 5.74) is 6.74. The fourth-order valence-electron chi connectivity index (χ4n) is 2.09. The zero-order valence-corrected chi connectivity index (χ0v) is 11.6. The van der Waals surface area contributed by atoms with Crippen molar-refractivity contribution in [3.63, 3.8) is 0 Å². The number of nitrogens with zero attached hydrogens (tertiary/aromatic N) is 2. The van der Waals surface area contributed by atoms with E-state index in [0.29, 0.717) is 16.3 Å². The third-order valence-corrected chi connectivity index (χ3v) is 3.51. The van der Waals surface area contributed by atoms with Crippen LogP contribution in [0.3, 0.4) is 0 Å². The van der Waals surface area contributed by atoms with Crippen molar-refractivity contribution in [2.75, 3.05) is 5.32 Å². The summed E-state index contributed by atoms with van der Waals surface area (Å²) >= 11 is 5.66. The molecule has 108 valence electrons. The molecule has 2 aromatic rings. The predicted octanol–water partition coefficient (Wildman–Crippen LogP) is 2.34. The molecule has 0 radical (unpaired) electrons. The molecule has 1 aliphatic rings. The second kappa shape index (κ2) is 5.38. The molecule has 1 aromatic heterocycles. The van der Waals surface area contributed by atoms with Crippen molar-refractivity contribution in [2.24, 2.45) is 5.73 Å². The molecule has 1 saturated carbocycles. The first-order valence-corrected chi connectivity index (χ1v) is 6.76. The minimum atomic E-state index is -0.482. The predicted molar refractivity (Wildman–Crippen MR) is 76.7 cm³/mol. The molecule has 0 aliphatic heterocycles. The highest BCUT2D eigenvalue weighted by molar-refractivity contribution is 6.30. The van der Waals surface area contributed by atoms with E-state index in [2.05, 4.69) is 15.3 Å². The van der Waals surface area contributed by atoms with Gasteiger partial charge < -0.3 is 11.1 Å².